The Morgan fingerprint density at radius 1 is 1.00 bits per heavy atom. The van der Waals surface area contributed by atoms with Crippen LogP contribution in [-0.4, -0.2) is 17.9 Å². The van der Waals surface area contributed by atoms with Crippen LogP contribution >= 0.6 is 0 Å². The van der Waals surface area contributed by atoms with Gasteiger partial charge < -0.3 is 10.6 Å². The number of nitrogens with one attached hydrogen (secondary N) is 2. The molecular weight excluding hydrogens is 192 g/mol. The van der Waals surface area contributed by atoms with Crippen molar-refractivity contribution in [3.05, 3.63) is 35.9 Å². The van der Waals surface area contributed by atoms with Crippen molar-refractivity contribution < 1.29 is 9.59 Å². The van der Waals surface area contributed by atoms with Gasteiger partial charge in [-0.2, -0.15) is 0 Å². The largest absolute Gasteiger partial charge is 0.342 e. The van der Waals surface area contributed by atoms with Gasteiger partial charge in [-0.1, -0.05) is 30.3 Å². The molecule has 1 aromatic rings. The molecule has 2 N–H and O–H groups in total. The minimum Gasteiger partial charge on any atom is -0.342 e. The van der Waals surface area contributed by atoms with Crippen LogP contribution in [0, 0.1) is 0 Å². The summed E-state index contributed by atoms with van der Waals surface area (Å²) in [5.41, 5.74) is 0.801. The van der Waals surface area contributed by atoms with Crippen molar-refractivity contribution in [3.63, 3.8) is 0 Å². The van der Waals surface area contributed by atoms with E-state index in [1.54, 1.807) is 6.92 Å². The quantitative estimate of drug-likeness (QED) is 0.694. The van der Waals surface area contributed by atoms with Crippen molar-refractivity contribution in [2.75, 3.05) is 0 Å². The van der Waals surface area contributed by atoms with E-state index in [0.717, 1.165) is 5.56 Å². The van der Waals surface area contributed by atoms with E-state index in [-0.39, 0.29) is 11.8 Å². The van der Waals surface area contributed by atoms with Crippen LogP contribution in [0.2, 0.25) is 0 Å². The number of piperazine rings is 1. The van der Waals surface area contributed by atoms with E-state index in [0.29, 0.717) is 0 Å². The first-order chi connectivity index (χ1) is 7.18. The van der Waals surface area contributed by atoms with Crippen molar-refractivity contribution in [2.24, 2.45) is 0 Å². The highest BCUT2D eigenvalue weighted by Gasteiger charge is 2.31. The molecule has 2 amide bonds. The molecule has 2 atom stereocenters. The third-order valence-electron chi connectivity index (χ3n) is 2.43. The predicted octanol–water partition coefficient (Wildman–Crippen LogP) is 0.362. The summed E-state index contributed by atoms with van der Waals surface area (Å²) in [4.78, 5) is 23.0. The van der Waals surface area contributed by atoms with Crippen molar-refractivity contribution in [1.82, 2.24) is 10.6 Å². The van der Waals surface area contributed by atoms with Gasteiger partial charge in [0.05, 0.1) is 0 Å². The fraction of sp³-hybridized carbons (Fsp3) is 0.273. The Hall–Kier alpha value is -1.84. The van der Waals surface area contributed by atoms with Gasteiger partial charge in [-0.3, -0.25) is 9.59 Å². The molecule has 4 nitrogen and oxygen atoms in total. The van der Waals surface area contributed by atoms with Gasteiger partial charge in [0, 0.05) is 0 Å². The Labute approximate surface area is 87.7 Å². The number of hydrogen-bond acceptors (Lipinski definition) is 2. The normalized spacial score (nSPS) is 25.7. The van der Waals surface area contributed by atoms with Gasteiger partial charge >= 0.3 is 0 Å². The van der Waals surface area contributed by atoms with Gasteiger partial charge in [-0.15, -0.1) is 0 Å². The lowest BCUT2D eigenvalue weighted by Crippen LogP contribution is -2.56. The van der Waals surface area contributed by atoms with Crippen molar-refractivity contribution >= 4 is 11.8 Å². The first-order valence-corrected chi connectivity index (χ1v) is 4.84. The number of carbonyl (C=O) groups is 2. The third-order valence-corrected chi connectivity index (χ3v) is 2.43. The molecule has 0 unspecified atom stereocenters. The number of hydrogen-bond donors (Lipinski definition) is 2. The number of benzene rings is 1. The average Bonchev–Trinajstić information content (AvgIpc) is 2.25. The van der Waals surface area contributed by atoms with Crippen molar-refractivity contribution in [3.8, 4) is 0 Å². The molecule has 2 rings (SSSR count). The smallest absolute Gasteiger partial charge is 0.247 e. The summed E-state index contributed by atoms with van der Waals surface area (Å²) in [6.45, 7) is 1.66. The second-order valence-electron chi connectivity index (χ2n) is 3.58. The zero-order valence-electron chi connectivity index (χ0n) is 8.36. The molecule has 1 fully saturated rings. The molecule has 1 aromatic carbocycles. The molecule has 0 radical (unpaired) electrons. The first kappa shape index (κ1) is 9.71. The minimum atomic E-state index is -0.560. The van der Waals surface area contributed by atoms with Gasteiger partial charge in [-0.25, -0.2) is 0 Å². The van der Waals surface area contributed by atoms with Crippen LogP contribution in [0.5, 0.6) is 0 Å². The summed E-state index contributed by atoms with van der Waals surface area (Å²) in [7, 11) is 0. The molecular formula is C11H12N2O2. The maximum atomic E-state index is 11.6. The van der Waals surface area contributed by atoms with Crippen LogP contribution in [0.15, 0.2) is 30.3 Å². The maximum absolute atomic E-state index is 11.6. The van der Waals surface area contributed by atoms with E-state index in [1.165, 1.54) is 0 Å². The second-order valence-corrected chi connectivity index (χ2v) is 3.58. The molecule has 4 heteroatoms. The lowest BCUT2D eigenvalue weighted by atomic mass is 10.0. The summed E-state index contributed by atoms with van der Waals surface area (Å²) in [6.07, 6.45) is 0. The number of carbonyl (C=O) groups excluding carboxylic acids is 2. The molecule has 0 bridgehead atoms. The van der Waals surface area contributed by atoms with E-state index in [1.807, 2.05) is 30.3 Å². The summed E-state index contributed by atoms with van der Waals surface area (Å²) in [5, 5.41) is 5.31. The molecule has 0 saturated carbocycles. The molecule has 1 aliphatic heterocycles. The summed E-state index contributed by atoms with van der Waals surface area (Å²) >= 11 is 0. The maximum Gasteiger partial charge on any atom is 0.247 e. The summed E-state index contributed by atoms with van der Waals surface area (Å²) < 4.78 is 0. The average molecular weight is 204 g/mol. The molecule has 1 saturated heterocycles. The van der Waals surface area contributed by atoms with E-state index in [2.05, 4.69) is 10.6 Å². The van der Waals surface area contributed by atoms with Crippen LogP contribution in [0.25, 0.3) is 0 Å². The monoisotopic (exact) mass is 204 g/mol. The molecule has 78 valence electrons. The Balaban J connectivity index is 2.24. The molecule has 0 aliphatic carbocycles. The molecule has 15 heavy (non-hydrogen) atoms. The van der Waals surface area contributed by atoms with Gasteiger partial charge in [0.15, 0.2) is 0 Å². The van der Waals surface area contributed by atoms with Crippen molar-refractivity contribution in [2.45, 2.75) is 19.0 Å². The summed E-state index contributed by atoms with van der Waals surface area (Å²) in [5.74, 6) is -0.309. The minimum absolute atomic E-state index is 0.150. The van der Waals surface area contributed by atoms with E-state index >= 15 is 0 Å². The predicted molar refractivity (Wildman–Crippen MR) is 54.9 cm³/mol. The van der Waals surface area contributed by atoms with E-state index in [4.69, 9.17) is 0 Å². The highest BCUT2D eigenvalue weighted by atomic mass is 16.2. The Bertz CT molecular complexity index is 389. The lowest BCUT2D eigenvalue weighted by molar-refractivity contribution is -0.136. The highest BCUT2D eigenvalue weighted by molar-refractivity contribution is 5.97. The van der Waals surface area contributed by atoms with Crippen LogP contribution in [-0.2, 0) is 9.59 Å². The fourth-order valence-electron chi connectivity index (χ4n) is 1.58. The van der Waals surface area contributed by atoms with Crippen molar-refractivity contribution in [1.29, 1.82) is 0 Å². The van der Waals surface area contributed by atoms with Crippen LogP contribution < -0.4 is 10.6 Å². The van der Waals surface area contributed by atoms with E-state index < -0.39 is 12.1 Å². The zero-order valence-corrected chi connectivity index (χ0v) is 8.36. The van der Waals surface area contributed by atoms with Gasteiger partial charge in [0.1, 0.15) is 12.1 Å². The Kier molecular flexibility index (Phi) is 2.41. The fourth-order valence-corrected chi connectivity index (χ4v) is 1.58. The van der Waals surface area contributed by atoms with Crippen LogP contribution in [0.1, 0.15) is 18.5 Å². The zero-order chi connectivity index (χ0) is 10.8. The van der Waals surface area contributed by atoms with Gasteiger partial charge in [0.25, 0.3) is 0 Å². The summed E-state index contributed by atoms with van der Waals surface area (Å²) in [6, 6.07) is 8.18. The molecule has 1 aliphatic rings. The van der Waals surface area contributed by atoms with Gasteiger partial charge in [0.2, 0.25) is 11.8 Å². The molecule has 0 aromatic heterocycles. The SMILES string of the molecule is C[C@@H]1NC(=O)[C@H](c2ccccc2)NC1=O. The number of rotatable bonds is 1. The lowest BCUT2D eigenvalue weighted by Gasteiger charge is -2.27. The Morgan fingerprint density at radius 2 is 1.67 bits per heavy atom. The number of amides is 2. The van der Waals surface area contributed by atoms with Gasteiger partial charge in [-0.05, 0) is 12.5 Å². The second kappa shape index (κ2) is 3.73. The van der Waals surface area contributed by atoms with Crippen LogP contribution in [0.4, 0.5) is 0 Å². The first-order valence-electron chi connectivity index (χ1n) is 4.84. The molecule has 0 spiro atoms. The third kappa shape index (κ3) is 1.83. The Morgan fingerprint density at radius 3 is 2.33 bits per heavy atom. The topological polar surface area (TPSA) is 58.2 Å². The van der Waals surface area contributed by atoms with Crippen LogP contribution in [0.3, 0.4) is 0 Å². The van der Waals surface area contributed by atoms with E-state index in [9.17, 15) is 9.59 Å². The highest BCUT2D eigenvalue weighted by Crippen LogP contribution is 2.15. The molecule has 1 heterocycles. The standard InChI is InChI=1S/C11H12N2O2/c1-7-10(14)13-9(11(15)12-7)8-5-3-2-4-6-8/h2-7,9H,1H3,(H,12,15)(H,13,14)/t7-,9-/m0/s1.